The fourth-order valence-electron chi connectivity index (χ4n) is 3.94. The maximum Gasteiger partial charge on any atom is 0.418 e. The SMILES string of the molecule is N#Cc1ccc2c(cc(C3CC3)n2Cc2noc(-c3cncc(C(F)(F)F)c3)n2)c1C(F)(F)F. The van der Waals surface area contributed by atoms with E-state index in [1.807, 2.05) is 0 Å². The summed E-state index contributed by atoms with van der Waals surface area (Å²) < 4.78 is 87.0. The summed E-state index contributed by atoms with van der Waals surface area (Å²) in [4.78, 5) is 7.69. The van der Waals surface area contributed by atoms with Gasteiger partial charge in [-0.05, 0) is 43.0 Å². The van der Waals surface area contributed by atoms with Crippen molar-refractivity contribution in [3.8, 4) is 17.5 Å². The second kappa shape index (κ2) is 7.58. The van der Waals surface area contributed by atoms with Gasteiger partial charge in [0.1, 0.15) is 0 Å². The lowest BCUT2D eigenvalue weighted by atomic mass is 10.0. The lowest BCUT2D eigenvalue weighted by Crippen LogP contribution is -2.09. The van der Waals surface area contributed by atoms with Crippen LogP contribution in [-0.2, 0) is 18.9 Å². The summed E-state index contributed by atoms with van der Waals surface area (Å²) in [6.07, 6.45) is -5.91. The Bertz CT molecular complexity index is 1440. The molecule has 1 fully saturated rings. The summed E-state index contributed by atoms with van der Waals surface area (Å²) in [6.45, 7) is -0.0611. The maximum atomic E-state index is 13.8. The number of nitriles is 1. The minimum absolute atomic E-state index is 0.0358. The van der Waals surface area contributed by atoms with Gasteiger partial charge in [-0.15, -0.1) is 0 Å². The van der Waals surface area contributed by atoms with Crippen LogP contribution >= 0.6 is 0 Å². The third-order valence-corrected chi connectivity index (χ3v) is 5.60. The quantitative estimate of drug-likeness (QED) is 0.341. The molecule has 0 unspecified atom stereocenters. The van der Waals surface area contributed by atoms with Crippen molar-refractivity contribution in [1.29, 1.82) is 5.26 Å². The highest BCUT2D eigenvalue weighted by molar-refractivity contribution is 5.88. The molecule has 0 amide bonds. The van der Waals surface area contributed by atoms with E-state index in [1.54, 1.807) is 10.6 Å². The molecular formula is C22H13F6N5O. The topological polar surface area (TPSA) is 80.5 Å². The Morgan fingerprint density at radius 2 is 1.82 bits per heavy atom. The van der Waals surface area contributed by atoms with E-state index in [0.717, 1.165) is 31.2 Å². The van der Waals surface area contributed by atoms with Crippen molar-refractivity contribution in [3.63, 3.8) is 0 Å². The molecule has 4 aromatic rings. The molecule has 0 spiro atoms. The van der Waals surface area contributed by atoms with Gasteiger partial charge in [-0.1, -0.05) is 5.16 Å². The van der Waals surface area contributed by atoms with Gasteiger partial charge in [0.2, 0.25) is 0 Å². The minimum Gasteiger partial charge on any atom is -0.337 e. The van der Waals surface area contributed by atoms with Crippen molar-refractivity contribution in [1.82, 2.24) is 19.7 Å². The number of hydrogen-bond donors (Lipinski definition) is 0. The largest absolute Gasteiger partial charge is 0.418 e. The van der Waals surface area contributed by atoms with E-state index in [4.69, 9.17) is 4.52 Å². The first-order valence-electron chi connectivity index (χ1n) is 10.0. The summed E-state index contributed by atoms with van der Waals surface area (Å²) in [5.41, 5.74) is -1.60. The van der Waals surface area contributed by atoms with Crippen LogP contribution < -0.4 is 0 Å². The van der Waals surface area contributed by atoms with Crippen molar-refractivity contribution >= 4 is 10.9 Å². The zero-order valence-electron chi connectivity index (χ0n) is 17.1. The summed E-state index contributed by atoms with van der Waals surface area (Å²) in [5.74, 6) is -0.0661. The zero-order chi connectivity index (χ0) is 24.3. The van der Waals surface area contributed by atoms with Crippen LogP contribution in [0.5, 0.6) is 0 Å². The molecule has 1 saturated carbocycles. The second-order valence-corrected chi connectivity index (χ2v) is 7.94. The van der Waals surface area contributed by atoms with Gasteiger partial charge >= 0.3 is 12.4 Å². The molecule has 3 aromatic heterocycles. The van der Waals surface area contributed by atoms with Crippen molar-refractivity contribution in [2.45, 2.75) is 37.7 Å². The Labute approximate surface area is 187 Å². The highest BCUT2D eigenvalue weighted by Gasteiger charge is 2.38. The summed E-state index contributed by atoms with van der Waals surface area (Å²) in [6, 6.07) is 6.42. The highest BCUT2D eigenvalue weighted by Crippen LogP contribution is 2.45. The molecule has 1 aliphatic rings. The standard InChI is InChI=1S/C22H13F6N5O/c23-21(24,25)14-5-13(8-30-9-14)20-31-18(32-34-20)10-33-16-4-3-12(7-29)19(22(26,27)28)15(16)6-17(33)11-1-2-11/h3-6,8-9,11H,1-2,10H2. The lowest BCUT2D eigenvalue weighted by molar-refractivity contribution is -0.138. The van der Waals surface area contributed by atoms with Crippen LogP contribution in [0.2, 0.25) is 0 Å². The van der Waals surface area contributed by atoms with Crippen molar-refractivity contribution in [3.05, 3.63) is 64.9 Å². The fourth-order valence-corrected chi connectivity index (χ4v) is 3.94. The predicted octanol–water partition coefficient (Wildman–Crippen LogP) is 5.92. The summed E-state index contributed by atoms with van der Waals surface area (Å²) in [7, 11) is 0. The molecule has 0 aliphatic heterocycles. The number of benzene rings is 1. The number of fused-ring (bicyclic) bond motifs is 1. The van der Waals surface area contributed by atoms with Crippen molar-refractivity contribution < 1.29 is 30.9 Å². The van der Waals surface area contributed by atoms with Crippen LogP contribution in [-0.4, -0.2) is 19.7 Å². The van der Waals surface area contributed by atoms with E-state index in [0.29, 0.717) is 11.9 Å². The first-order chi connectivity index (χ1) is 16.1. The third kappa shape index (κ3) is 3.87. The van der Waals surface area contributed by atoms with Gasteiger partial charge < -0.3 is 9.09 Å². The van der Waals surface area contributed by atoms with Crippen molar-refractivity contribution in [2.75, 3.05) is 0 Å². The molecule has 0 bridgehead atoms. The van der Waals surface area contributed by atoms with Crippen LogP contribution in [0.25, 0.3) is 22.4 Å². The number of aromatic nitrogens is 4. The number of rotatable bonds is 4. The molecule has 0 saturated heterocycles. The van der Waals surface area contributed by atoms with E-state index >= 15 is 0 Å². The molecule has 34 heavy (non-hydrogen) atoms. The summed E-state index contributed by atoms with van der Waals surface area (Å²) >= 11 is 0. The normalized spacial score (nSPS) is 14.5. The van der Waals surface area contributed by atoms with Crippen LogP contribution in [0, 0.1) is 11.3 Å². The van der Waals surface area contributed by atoms with Gasteiger partial charge in [-0.2, -0.15) is 36.6 Å². The average Bonchev–Trinajstić information content (AvgIpc) is 3.41. The van der Waals surface area contributed by atoms with Crippen LogP contribution in [0.4, 0.5) is 26.3 Å². The fraction of sp³-hybridized carbons (Fsp3) is 0.273. The van der Waals surface area contributed by atoms with E-state index in [1.165, 1.54) is 12.1 Å². The summed E-state index contributed by atoms with van der Waals surface area (Å²) in [5, 5.41) is 12.9. The van der Waals surface area contributed by atoms with E-state index in [9.17, 15) is 31.6 Å². The minimum atomic E-state index is -4.73. The lowest BCUT2D eigenvalue weighted by Gasteiger charge is -2.11. The molecule has 0 N–H and O–H groups in total. The highest BCUT2D eigenvalue weighted by atomic mass is 19.4. The molecular weight excluding hydrogens is 464 g/mol. The first kappa shape index (κ1) is 21.9. The van der Waals surface area contributed by atoms with Gasteiger partial charge in [0.25, 0.3) is 5.89 Å². The Hall–Kier alpha value is -3.88. The molecule has 5 rings (SSSR count). The smallest absolute Gasteiger partial charge is 0.337 e. The first-order valence-corrected chi connectivity index (χ1v) is 10.0. The Balaban J connectivity index is 1.56. The van der Waals surface area contributed by atoms with Gasteiger partial charge in [0.05, 0.1) is 34.9 Å². The van der Waals surface area contributed by atoms with Crippen LogP contribution in [0.1, 0.15) is 47.0 Å². The Kier molecular flexibility index (Phi) is 4.89. The van der Waals surface area contributed by atoms with Gasteiger partial charge in [-0.25, -0.2) is 0 Å². The van der Waals surface area contributed by atoms with E-state index in [2.05, 4.69) is 15.1 Å². The van der Waals surface area contributed by atoms with Gasteiger partial charge in [-0.3, -0.25) is 4.98 Å². The molecule has 3 heterocycles. The molecule has 1 aromatic carbocycles. The number of halogens is 6. The molecule has 6 nitrogen and oxygen atoms in total. The third-order valence-electron chi connectivity index (χ3n) is 5.60. The number of nitrogens with zero attached hydrogens (tertiary/aromatic N) is 5. The Morgan fingerprint density at radius 3 is 2.47 bits per heavy atom. The number of alkyl halides is 6. The van der Waals surface area contributed by atoms with E-state index in [-0.39, 0.29) is 40.6 Å². The number of hydrogen-bond acceptors (Lipinski definition) is 5. The van der Waals surface area contributed by atoms with Crippen molar-refractivity contribution in [2.24, 2.45) is 0 Å². The molecule has 0 atom stereocenters. The predicted molar refractivity (Wildman–Crippen MR) is 105 cm³/mol. The maximum absolute atomic E-state index is 13.8. The van der Waals surface area contributed by atoms with Crippen LogP contribution in [0.15, 0.2) is 41.2 Å². The molecule has 174 valence electrons. The second-order valence-electron chi connectivity index (χ2n) is 7.94. The van der Waals surface area contributed by atoms with Gasteiger partial charge in [0, 0.05) is 29.0 Å². The Morgan fingerprint density at radius 1 is 1.06 bits per heavy atom. The molecule has 0 radical (unpaired) electrons. The number of pyridine rings is 1. The monoisotopic (exact) mass is 477 g/mol. The average molecular weight is 477 g/mol. The molecule has 1 aliphatic carbocycles. The van der Waals surface area contributed by atoms with E-state index < -0.39 is 29.0 Å². The van der Waals surface area contributed by atoms with Gasteiger partial charge in [0.15, 0.2) is 5.82 Å². The molecule has 12 heteroatoms. The van der Waals surface area contributed by atoms with Crippen LogP contribution in [0.3, 0.4) is 0 Å². The zero-order valence-corrected chi connectivity index (χ0v) is 17.1.